The predicted octanol–water partition coefficient (Wildman–Crippen LogP) is 3.17. The van der Waals surface area contributed by atoms with Crippen molar-refractivity contribution in [3.8, 4) is 0 Å². The van der Waals surface area contributed by atoms with Crippen molar-refractivity contribution in [1.29, 1.82) is 0 Å². The highest BCUT2D eigenvalue weighted by Gasteiger charge is 2.20. The van der Waals surface area contributed by atoms with Crippen molar-refractivity contribution in [3.05, 3.63) is 28.7 Å². The summed E-state index contributed by atoms with van der Waals surface area (Å²) in [5.74, 6) is -1.29. The molecule has 0 saturated heterocycles. The van der Waals surface area contributed by atoms with Gasteiger partial charge in [-0.05, 0) is 30.7 Å². The van der Waals surface area contributed by atoms with Gasteiger partial charge in [-0.3, -0.25) is 9.59 Å². The Hall–Kier alpha value is -1.89. The van der Waals surface area contributed by atoms with E-state index in [0.29, 0.717) is 18.5 Å². The van der Waals surface area contributed by atoms with Gasteiger partial charge >= 0.3 is 12.0 Å². The van der Waals surface area contributed by atoms with Crippen LogP contribution in [0.1, 0.15) is 32.6 Å². The second kappa shape index (κ2) is 9.19. The van der Waals surface area contributed by atoms with E-state index in [9.17, 15) is 14.4 Å². The summed E-state index contributed by atoms with van der Waals surface area (Å²) in [7, 11) is 0. The van der Waals surface area contributed by atoms with Crippen molar-refractivity contribution < 1.29 is 19.5 Å². The molecule has 0 aliphatic heterocycles. The zero-order chi connectivity index (χ0) is 16.5. The van der Waals surface area contributed by atoms with Gasteiger partial charge in [-0.1, -0.05) is 29.3 Å². The van der Waals surface area contributed by atoms with Gasteiger partial charge in [0, 0.05) is 16.6 Å². The number of aliphatic carboxylic acids is 1. The van der Waals surface area contributed by atoms with E-state index < -0.39 is 18.0 Å². The van der Waals surface area contributed by atoms with Crippen molar-refractivity contribution >= 4 is 39.4 Å². The van der Waals surface area contributed by atoms with Crippen LogP contribution in [0.15, 0.2) is 28.7 Å². The standard InChI is InChI=1S/C15H19BrN2O4/c1-2-3-12(13(19)8-9-14(20)21)18-15(22)17-11-6-4-10(16)5-7-11/h4-7,12H,2-3,8-9H2,1H3,(H,20,21)(H2,17,18,22)/t12-/m0/s1. The maximum Gasteiger partial charge on any atom is 0.319 e. The Morgan fingerprint density at radius 2 is 1.82 bits per heavy atom. The normalized spacial score (nSPS) is 11.5. The number of benzene rings is 1. The summed E-state index contributed by atoms with van der Waals surface area (Å²) >= 11 is 3.30. The highest BCUT2D eigenvalue weighted by molar-refractivity contribution is 9.10. The van der Waals surface area contributed by atoms with Gasteiger partial charge < -0.3 is 15.7 Å². The Morgan fingerprint density at radius 3 is 2.36 bits per heavy atom. The molecule has 6 nitrogen and oxygen atoms in total. The van der Waals surface area contributed by atoms with Crippen LogP contribution < -0.4 is 10.6 Å². The van der Waals surface area contributed by atoms with Crippen molar-refractivity contribution in [2.75, 3.05) is 5.32 Å². The van der Waals surface area contributed by atoms with Crippen LogP contribution in [-0.4, -0.2) is 28.9 Å². The topological polar surface area (TPSA) is 95.5 Å². The molecule has 0 aliphatic carbocycles. The smallest absolute Gasteiger partial charge is 0.319 e. The predicted molar refractivity (Wildman–Crippen MR) is 86.9 cm³/mol. The van der Waals surface area contributed by atoms with E-state index in [1.165, 1.54) is 0 Å². The first-order chi connectivity index (χ1) is 10.4. The molecule has 1 atom stereocenters. The van der Waals surface area contributed by atoms with Crippen LogP contribution in [0.3, 0.4) is 0 Å². The Bertz CT molecular complexity index is 531. The summed E-state index contributed by atoms with van der Waals surface area (Å²) in [6.45, 7) is 1.89. The highest BCUT2D eigenvalue weighted by Crippen LogP contribution is 2.14. The van der Waals surface area contributed by atoms with Crippen LogP contribution in [0.5, 0.6) is 0 Å². The van der Waals surface area contributed by atoms with Gasteiger partial charge in [0.1, 0.15) is 0 Å². The van der Waals surface area contributed by atoms with E-state index in [0.717, 1.165) is 4.47 Å². The van der Waals surface area contributed by atoms with Crippen LogP contribution in [0, 0.1) is 0 Å². The molecule has 0 heterocycles. The first-order valence-corrected chi connectivity index (χ1v) is 7.79. The summed E-state index contributed by atoms with van der Waals surface area (Å²) in [6, 6.07) is 5.88. The lowest BCUT2D eigenvalue weighted by Crippen LogP contribution is -2.43. The van der Waals surface area contributed by atoms with E-state index >= 15 is 0 Å². The molecule has 1 aromatic carbocycles. The van der Waals surface area contributed by atoms with Crippen LogP contribution >= 0.6 is 15.9 Å². The van der Waals surface area contributed by atoms with E-state index in [1.54, 1.807) is 24.3 Å². The fraction of sp³-hybridized carbons (Fsp3) is 0.400. The van der Waals surface area contributed by atoms with Gasteiger partial charge in [0.15, 0.2) is 5.78 Å². The van der Waals surface area contributed by atoms with Crippen LogP contribution in [0.2, 0.25) is 0 Å². The van der Waals surface area contributed by atoms with Gasteiger partial charge in [-0.15, -0.1) is 0 Å². The molecule has 1 rings (SSSR count). The molecule has 0 unspecified atom stereocenters. The number of anilines is 1. The molecular formula is C15H19BrN2O4. The van der Waals surface area contributed by atoms with Crippen molar-refractivity contribution in [1.82, 2.24) is 5.32 Å². The Labute approximate surface area is 137 Å². The Balaban J connectivity index is 2.57. The monoisotopic (exact) mass is 370 g/mol. The zero-order valence-corrected chi connectivity index (χ0v) is 13.9. The van der Waals surface area contributed by atoms with Gasteiger partial charge in [0.25, 0.3) is 0 Å². The molecule has 120 valence electrons. The van der Waals surface area contributed by atoms with E-state index in [2.05, 4.69) is 26.6 Å². The summed E-state index contributed by atoms with van der Waals surface area (Å²) < 4.78 is 0.895. The third-order valence-corrected chi connectivity index (χ3v) is 3.49. The number of rotatable bonds is 8. The molecule has 0 spiro atoms. The minimum atomic E-state index is -1.03. The number of hydrogen-bond acceptors (Lipinski definition) is 3. The SMILES string of the molecule is CCC[C@H](NC(=O)Nc1ccc(Br)cc1)C(=O)CCC(=O)O. The lowest BCUT2D eigenvalue weighted by Gasteiger charge is -2.17. The van der Waals surface area contributed by atoms with Crippen molar-refractivity contribution in [3.63, 3.8) is 0 Å². The third kappa shape index (κ3) is 6.71. The number of carboxylic acids is 1. The summed E-state index contributed by atoms with van der Waals surface area (Å²) in [4.78, 5) is 34.4. The van der Waals surface area contributed by atoms with Gasteiger partial charge in [0.05, 0.1) is 12.5 Å². The van der Waals surface area contributed by atoms with E-state index in [1.807, 2.05) is 6.92 Å². The number of urea groups is 1. The van der Waals surface area contributed by atoms with E-state index in [-0.39, 0.29) is 18.6 Å². The Morgan fingerprint density at radius 1 is 1.18 bits per heavy atom. The highest BCUT2D eigenvalue weighted by atomic mass is 79.9. The molecular weight excluding hydrogens is 352 g/mol. The fourth-order valence-electron chi connectivity index (χ4n) is 1.87. The summed E-state index contributed by atoms with van der Waals surface area (Å²) in [5, 5.41) is 13.9. The number of ketones is 1. The zero-order valence-electron chi connectivity index (χ0n) is 12.3. The van der Waals surface area contributed by atoms with Gasteiger partial charge in [-0.25, -0.2) is 4.79 Å². The first kappa shape index (κ1) is 18.2. The Kier molecular flexibility index (Phi) is 7.59. The molecule has 0 radical (unpaired) electrons. The molecule has 0 bridgehead atoms. The molecule has 0 aromatic heterocycles. The number of nitrogens with one attached hydrogen (secondary N) is 2. The lowest BCUT2D eigenvalue weighted by atomic mass is 10.0. The average molecular weight is 371 g/mol. The van der Waals surface area contributed by atoms with Crippen LogP contribution in [-0.2, 0) is 9.59 Å². The number of hydrogen-bond donors (Lipinski definition) is 3. The number of carbonyl (C=O) groups is 3. The molecule has 0 fully saturated rings. The van der Waals surface area contributed by atoms with Crippen molar-refractivity contribution in [2.45, 2.75) is 38.6 Å². The fourth-order valence-corrected chi connectivity index (χ4v) is 2.13. The maximum atomic E-state index is 12.0. The molecule has 3 N–H and O–H groups in total. The van der Waals surface area contributed by atoms with E-state index in [4.69, 9.17) is 5.11 Å². The molecule has 2 amide bonds. The van der Waals surface area contributed by atoms with Crippen LogP contribution in [0.4, 0.5) is 10.5 Å². The molecule has 1 aromatic rings. The van der Waals surface area contributed by atoms with Crippen molar-refractivity contribution in [2.24, 2.45) is 0 Å². The molecule has 0 aliphatic rings. The number of Topliss-reactive ketones (excluding diaryl/α,β-unsaturated/α-hetero) is 1. The second-order valence-electron chi connectivity index (χ2n) is 4.81. The number of amides is 2. The minimum Gasteiger partial charge on any atom is -0.481 e. The maximum absolute atomic E-state index is 12.0. The second-order valence-corrected chi connectivity index (χ2v) is 5.72. The molecule has 7 heteroatoms. The van der Waals surface area contributed by atoms with Gasteiger partial charge in [0.2, 0.25) is 0 Å². The molecule has 0 saturated carbocycles. The third-order valence-electron chi connectivity index (χ3n) is 2.96. The quantitative estimate of drug-likeness (QED) is 0.654. The van der Waals surface area contributed by atoms with Gasteiger partial charge in [-0.2, -0.15) is 0 Å². The average Bonchev–Trinajstić information content (AvgIpc) is 2.46. The number of carbonyl (C=O) groups excluding carboxylic acids is 2. The first-order valence-electron chi connectivity index (χ1n) is 7.00. The summed E-state index contributed by atoms with van der Waals surface area (Å²) in [6.07, 6.45) is 0.877. The minimum absolute atomic E-state index is 0.0848. The largest absolute Gasteiger partial charge is 0.481 e. The number of carboxylic acid groups (broad SMARTS) is 1. The molecule has 22 heavy (non-hydrogen) atoms. The summed E-state index contributed by atoms with van der Waals surface area (Å²) in [5.41, 5.74) is 0.605. The number of halogens is 1. The van der Waals surface area contributed by atoms with Crippen LogP contribution in [0.25, 0.3) is 0 Å². The lowest BCUT2D eigenvalue weighted by molar-refractivity contribution is -0.138.